The van der Waals surface area contributed by atoms with Crippen LogP contribution in [0.4, 0.5) is 5.69 Å². The van der Waals surface area contributed by atoms with Crippen molar-refractivity contribution >= 4 is 60.7 Å². The maximum atomic E-state index is 12.1. The van der Waals surface area contributed by atoms with E-state index >= 15 is 0 Å². The molecule has 152 valence electrons. The van der Waals surface area contributed by atoms with Gasteiger partial charge in [0.2, 0.25) is 15.9 Å². The molecule has 0 spiro atoms. The number of halogens is 3. The molecular weight excluding hydrogens is 487 g/mol. The first-order chi connectivity index (χ1) is 13.2. The van der Waals surface area contributed by atoms with Crippen LogP contribution in [-0.4, -0.2) is 33.7 Å². The van der Waals surface area contributed by atoms with Gasteiger partial charge in [0, 0.05) is 29.0 Å². The predicted octanol–water partition coefficient (Wildman–Crippen LogP) is 4.66. The number of rotatable bonds is 9. The van der Waals surface area contributed by atoms with Gasteiger partial charge in [0.05, 0.1) is 17.0 Å². The van der Waals surface area contributed by atoms with Gasteiger partial charge in [-0.05, 0) is 64.7 Å². The minimum Gasteiger partial charge on any atom is -0.356 e. The second kappa shape index (κ2) is 10.5. The lowest BCUT2D eigenvalue weighted by Gasteiger charge is -2.22. The second-order valence-corrected chi connectivity index (χ2v) is 9.87. The van der Waals surface area contributed by atoms with Gasteiger partial charge in [-0.1, -0.05) is 35.3 Å². The highest BCUT2D eigenvalue weighted by Crippen LogP contribution is 2.28. The van der Waals surface area contributed by atoms with E-state index < -0.39 is 10.0 Å². The van der Waals surface area contributed by atoms with Gasteiger partial charge in [-0.15, -0.1) is 0 Å². The molecule has 2 aromatic carbocycles. The summed E-state index contributed by atoms with van der Waals surface area (Å²) < 4.78 is 26.2. The van der Waals surface area contributed by atoms with E-state index in [0.29, 0.717) is 39.6 Å². The summed E-state index contributed by atoms with van der Waals surface area (Å²) in [7, 11) is -3.49. The van der Waals surface area contributed by atoms with Crippen LogP contribution in [0.1, 0.15) is 18.4 Å². The highest BCUT2D eigenvalue weighted by molar-refractivity contribution is 9.10. The van der Waals surface area contributed by atoms with Crippen LogP contribution in [0.25, 0.3) is 0 Å². The predicted molar refractivity (Wildman–Crippen MR) is 119 cm³/mol. The molecule has 0 aliphatic carbocycles. The van der Waals surface area contributed by atoms with Gasteiger partial charge in [-0.25, -0.2) is 8.42 Å². The molecule has 0 radical (unpaired) electrons. The summed E-state index contributed by atoms with van der Waals surface area (Å²) in [4.78, 5) is 12.0. The molecule has 9 heteroatoms. The SMILES string of the molecule is CS(=O)(=O)N(CCCC(=O)NCCc1ccc(Cl)cc1)c1ccc(Br)c(Cl)c1. The van der Waals surface area contributed by atoms with Gasteiger partial charge < -0.3 is 5.32 Å². The Morgan fingerprint density at radius 2 is 1.82 bits per heavy atom. The van der Waals surface area contributed by atoms with Crippen LogP contribution in [0.15, 0.2) is 46.9 Å². The van der Waals surface area contributed by atoms with Crippen molar-refractivity contribution < 1.29 is 13.2 Å². The average molecular weight is 508 g/mol. The van der Waals surface area contributed by atoms with E-state index in [-0.39, 0.29) is 18.9 Å². The third kappa shape index (κ3) is 7.28. The molecule has 0 fully saturated rings. The van der Waals surface area contributed by atoms with Crippen molar-refractivity contribution in [2.45, 2.75) is 19.3 Å². The van der Waals surface area contributed by atoms with Crippen LogP contribution in [0.2, 0.25) is 10.0 Å². The summed E-state index contributed by atoms with van der Waals surface area (Å²) in [5.74, 6) is -0.115. The molecule has 5 nitrogen and oxygen atoms in total. The molecular formula is C19H21BrCl2N2O3S. The van der Waals surface area contributed by atoms with E-state index in [2.05, 4.69) is 21.2 Å². The first-order valence-corrected chi connectivity index (χ1v) is 12.0. The average Bonchev–Trinajstić information content (AvgIpc) is 2.62. The summed E-state index contributed by atoms with van der Waals surface area (Å²) in [5, 5.41) is 3.95. The lowest BCUT2D eigenvalue weighted by atomic mass is 10.1. The minimum atomic E-state index is -3.49. The van der Waals surface area contributed by atoms with E-state index in [4.69, 9.17) is 23.2 Å². The van der Waals surface area contributed by atoms with Crippen molar-refractivity contribution in [2.24, 2.45) is 0 Å². The standard InChI is InChI=1S/C19H21BrCl2N2O3S/c1-28(26,27)24(16-8-9-17(20)18(22)13-16)12-2-3-19(25)23-11-10-14-4-6-15(21)7-5-14/h4-9,13H,2-3,10-12H2,1H3,(H,23,25). The Morgan fingerprint density at radius 1 is 1.14 bits per heavy atom. The number of amides is 1. The van der Waals surface area contributed by atoms with Crippen LogP contribution in [0.3, 0.4) is 0 Å². The van der Waals surface area contributed by atoms with E-state index in [0.717, 1.165) is 11.8 Å². The smallest absolute Gasteiger partial charge is 0.232 e. The molecule has 0 saturated heterocycles. The van der Waals surface area contributed by atoms with E-state index in [1.54, 1.807) is 18.2 Å². The van der Waals surface area contributed by atoms with Crippen molar-refractivity contribution in [3.63, 3.8) is 0 Å². The number of nitrogens with one attached hydrogen (secondary N) is 1. The molecule has 0 unspecified atom stereocenters. The zero-order valence-corrected chi connectivity index (χ0v) is 19.2. The second-order valence-electron chi connectivity index (χ2n) is 6.26. The molecule has 0 atom stereocenters. The van der Waals surface area contributed by atoms with Gasteiger partial charge in [0.25, 0.3) is 0 Å². The number of benzene rings is 2. The molecule has 0 aromatic heterocycles. The van der Waals surface area contributed by atoms with Crippen LogP contribution in [-0.2, 0) is 21.2 Å². The molecule has 0 saturated carbocycles. The van der Waals surface area contributed by atoms with Crippen LogP contribution >= 0.6 is 39.1 Å². The summed E-state index contributed by atoms with van der Waals surface area (Å²) >= 11 is 15.2. The number of anilines is 1. The summed E-state index contributed by atoms with van der Waals surface area (Å²) in [6, 6.07) is 12.4. The van der Waals surface area contributed by atoms with Gasteiger partial charge in [0.15, 0.2) is 0 Å². The molecule has 0 heterocycles. The topological polar surface area (TPSA) is 66.5 Å². The first kappa shape index (κ1) is 23.0. The van der Waals surface area contributed by atoms with Gasteiger partial charge in [-0.2, -0.15) is 0 Å². The zero-order valence-electron chi connectivity index (χ0n) is 15.3. The fraction of sp³-hybridized carbons (Fsp3) is 0.316. The van der Waals surface area contributed by atoms with Crippen LogP contribution in [0, 0.1) is 0 Å². The minimum absolute atomic E-state index is 0.115. The molecule has 1 amide bonds. The number of carbonyl (C=O) groups excluding carboxylic acids is 1. The maximum absolute atomic E-state index is 12.1. The van der Waals surface area contributed by atoms with Gasteiger partial charge in [0.1, 0.15) is 0 Å². The lowest BCUT2D eigenvalue weighted by Crippen LogP contribution is -2.32. The molecule has 2 aromatic rings. The van der Waals surface area contributed by atoms with Gasteiger partial charge in [-0.3, -0.25) is 9.10 Å². The molecule has 0 aliphatic rings. The van der Waals surface area contributed by atoms with Gasteiger partial charge >= 0.3 is 0 Å². The lowest BCUT2D eigenvalue weighted by molar-refractivity contribution is -0.121. The molecule has 2 rings (SSSR count). The maximum Gasteiger partial charge on any atom is 0.232 e. The van der Waals surface area contributed by atoms with Crippen molar-refractivity contribution in [1.29, 1.82) is 0 Å². The van der Waals surface area contributed by atoms with Crippen LogP contribution < -0.4 is 9.62 Å². The monoisotopic (exact) mass is 506 g/mol. The number of sulfonamides is 1. The zero-order chi connectivity index (χ0) is 20.7. The Balaban J connectivity index is 1.83. The fourth-order valence-corrected chi connectivity index (χ4v) is 4.10. The Bertz CT molecular complexity index is 921. The van der Waals surface area contributed by atoms with Crippen molar-refractivity contribution in [3.8, 4) is 0 Å². The van der Waals surface area contributed by atoms with E-state index in [1.165, 1.54) is 4.31 Å². The van der Waals surface area contributed by atoms with Crippen LogP contribution in [0.5, 0.6) is 0 Å². The van der Waals surface area contributed by atoms with Crippen molar-refractivity contribution in [2.75, 3.05) is 23.7 Å². The Kier molecular flexibility index (Phi) is 8.61. The number of carbonyl (C=O) groups is 1. The quantitative estimate of drug-likeness (QED) is 0.536. The summed E-state index contributed by atoms with van der Waals surface area (Å²) in [5.41, 5.74) is 1.55. The molecule has 1 N–H and O–H groups in total. The summed E-state index contributed by atoms with van der Waals surface area (Å²) in [6.45, 7) is 0.708. The van der Waals surface area contributed by atoms with Crippen molar-refractivity contribution in [1.82, 2.24) is 5.32 Å². The third-order valence-corrected chi connectivity index (χ3v) is 6.68. The Labute approximate surface area is 184 Å². The highest BCUT2D eigenvalue weighted by atomic mass is 79.9. The van der Waals surface area contributed by atoms with E-state index in [9.17, 15) is 13.2 Å². The third-order valence-electron chi connectivity index (χ3n) is 4.01. The normalized spacial score (nSPS) is 11.3. The van der Waals surface area contributed by atoms with Crippen molar-refractivity contribution in [3.05, 3.63) is 62.5 Å². The van der Waals surface area contributed by atoms with E-state index in [1.807, 2.05) is 24.3 Å². The number of hydrogen-bond acceptors (Lipinski definition) is 3. The molecule has 0 bridgehead atoms. The fourth-order valence-electron chi connectivity index (χ4n) is 2.60. The number of nitrogens with zero attached hydrogens (tertiary/aromatic N) is 1. The first-order valence-electron chi connectivity index (χ1n) is 8.61. The molecule has 0 aliphatic heterocycles. The highest BCUT2D eigenvalue weighted by Gasteiger charge is 2.18. The number of hydrogen-bond donors (Lipinski definition) is 1. The molecule has 28 heavy (non-hydrogen) atoms. The largest absolute Gasteiger partial charge is 0.356 e. The Hall–Kier alpha value is -1.28. The summed E-state index contributed by atoms with van der Waals surface area (Å²) in [6.07, 6.45) is 2.47. The Morgan fingerprint density at radius 3 is 2.43 bits per heavy atom.